The number of pyridine rings is 1. The fraction of sp³-hybridized carbons (Fsp3) is 0.167. The van der Waals surface area contributed by atoms with Crippen molar-refractivity contribution in [3.05, 3.63) is 34.7 Å². The lowest BCUT2D eigenvalue weighted by atomic mass is 10.5. The van der Waals surface area contributed by atoms with E-state index in [4.69, 9.17) is 0 Å². The van der Waals surface area contributed by atoms with Crippen molar-refractivity contribution in [2.45, 2.75) is 0 Å². The molecule has 0 spiro atoms. The van der Waals surface area contributed by atoms with E-state index in [-0.39, 0.29) is 5.56 Å². The minimum atomic E-state index is -0.0532. The lowest BCUT2D eigenvalue weighted by Gasteiger charge is -1.73. The molecule has 1 heterocycles. The van der Waals surface area contributed by atoms with Crippen LogP contribution in [0.1, 0.15) is 0 Å². The van der Waals surface area contributed by atoms with Gasteiger partial charge in [0, 0.05) is 12.3 Å². The highest BCUT2D eigenvalue weighted by Gasteiger charge is 1.69. The molecule has 2 nitrogen and oxygen atoms in total. The van der Waals surface area contributed by atoms with Crippen molar-refractivity contribution in [1.29, 1.82) is 0 Å². The summed E-state index contributed by atoms with van der Waals surface area (Å²) in [6.07, 6.45) is 1.60. The Bertz CT molecular complexity index is 179. The minimum Gasteiger partial charge on any atom is -0.329 e. The first-order chi connectivity index (χ1) is 4.39. The largest absolute Gasteiger partial charge is 0.329 e. The maximum absolute atomic E-state index is 10.2. The quantitative estimate of drug-likeness (QED) is 0.537. The summed E-state index contributed by atoms with van der Waals surface area (Å²) in [5, 5.41) is 0. The van der Waals surface area contributed by atoms with Crippen LogP contribution < -0.4 is 5.56 Å². The van der Waals surface area contributed by atoms with Crippen LogP contribution in [-0.4, -0.2) is 11.6 Å². The molecular weight excluding hydrogens is 133 g/mol. The lowest BCUT2D eigenvalue weighted by molar-refractivity contribution is 1.24. The topological polar surface area (TPSA) is 32.9 Å². The van der Waals surface area contributed by atoms with Crippen LogP contribution in [0.3, 0.4) is 0 Å². The monoisotopic (exact) mass is 143 g/mol. The minimum absolute atomic E-state index is 0.0532. The van der Waals surface area contributed by atoms with Crippen LogP contribution in [0.15, 0.2) is 29.2 Å². The molecule has 0 radical (unpaired) electrons. The highest BCUT2D eigenvalue weighted by molar-refractivity contribution is 7.15. The summed E-state index contributed by atoms with van der Waals surface area (Å²) in [5.41, 5.74) is -0.0532. The summed E-state index contributed by atoms with van der Waals surface area (Å²) in [6.45, 7) is 1.92. The fourth-order valence-electron chi connectivity index (χ4n) is 0.377. The van der Waals surface area contributed by atoms with Gasteiger partial charge in [-0.1, -0.05) is 12.7 Å². The average Bonchev–Trinajstić information content (AvgIpc) is 1.94. The van der Waals surface area contributed by atoms with Gasteiger partial charge in [-0.15, -0.1) is 9.24 Å². The Morgan fingerprint density at radius 2 is 2.11 bits per heavy atom. The van der Waals surface area contributed by atoms with Crippen LogP contribution in [0.4, 0.5) is 0 Å². The molecule has 3 heteroatoms. The van der Waals surface area contributed by atoms with Gasteiger partial charge in [0.1, 0.15) is 0 Å². The first-order valence-corrected chi connectivity index (χ1v) is 3.76. The number of aromatic nitrogens is 1. The van der Waals surface area contributed by atoms with E-state index in [1.165, 1.54) is 6.07 Å². The standard InChI is InChI=1S/C5H5NO.CH5P/c7-5-3-1-2-4-6-5;1-2/h1-4H,(H,6,7);2H2,1H3. The Labute approximate surface area is 56.5 Å². The molecular formula is C6H10NOP. The van der Waals surface area contributed by atoms with Gasteiger partial charge >= 0.3 is 0 Å². The molecule has 0 aromatic carbocycles. The van der Waals surface area contributed by atoms with E-state index in [1.807, 2.05) is 6.66 Å². The maximum Gasteiger partial charge on any atom is 0.247 e. The van der Waals surface area contributed by atoms with Crippen LogP contribution in [0.25, 0.3) is 0 Å². The van der Waals surface area contributed by atoms with Gasteiger partial charge in [0.25, 0.3) is 0 Å². The molecule has 50 valence electrons. The third kappa shape index (κ3) is 3.92. The first-order valence-electron chi connectivity index (χ1n) is 2.61. The van der Waals surface area contributed by atoms with E-state index in [0.717, 1.165) is 0 Å². The third-order valence-electron chi connectivity index (χ3n) is 0.681. The molecule has 0 aliphatic carbocycles. The van der Waals surface area contributed by atoms with Crippen molar-refractivity contribution in [3.63, 3.8) is 0 Å². The Kier molecular flexibility index (Phi) is 5.14. The average molecular weight is 143 g/mol. The summed E-state index contributed by atoms with van der Waals surface area (Å²) < 4.78 is 0. The first kappa shape index (κ1) is 8.38. The van der Waals surface area contributed by atoms with Crippen molar-refractivity contribution in [2.24, 2.45) is 0 Å². The normalized spacial score (nSPS) is 7.33. The number of hydrogen-bond donors (Lipinski definition) is 1. The van der Waals surface area contributed by atoms with Crippen molar-refractivity contribution in [1.82, 2.24) is 4.98 Å². The molecule has 0 fully saturated rings. The molecule has 9 heavy (non-hydrogen) atoms. The molecule has 1 atom stereocenters. The molecule has 1 rings (SSSR count). The van der Waals surface area contributed by atoms with E-state index < -0.39 is 0 Å². The zero-order valence-electron chi connectivity index (χ0n) is 5.29. The van der Waals surface area contributed by atoms with Gasteiger partial charge in [0.2, 0.25) is 5.56 Å². The zero-order chi connectivity index (χ0) is 7.11. The summed E-state index contributed by atoms with van der Waals surface area (Å²) in [4.78, 5) is 12.7. The third-order valence-corrected chi connectivity index (χ3v) is 0.681. The van der Waals surface area contributed by atoms with E-state index in [0.29, 0.717) is 0 Å². The van der Waals surface area contributed by atoms with Gasteiger partial charge in [-0.05, 0) is 6.07 Å². The van der Waals surface area contributed by atoms with Crippen molar-refractivity contribution >= 4 is 9.24 Å². The molecule has 0 bridgehead atoms. The Hall–Kier alpha value is -0.620. The Morgan fingerprint density at radius 1 is 1.44 bits per heavy atom. The SMILES string of the molecule is CP.O=c1cccc[nH]1. The highest BCUT2D eigenvalue weighted by atomic mass is 31.0. The van der Waals surface area contributed by atoms with Crippen LogP contribution in [0.2, 0.25) is 0 Å². The van der Waals surface area contributed by atoms with Gasteiger partial charge in [0.05, 0.1) is 0 Å². The molecule has 1 aromatic rings. The number of rotatable bonds is 0. The fourth-order valence-corrected chi connectivity index (χ4v) is 0.377. The van der Waals surface area contributed by atoms with Crippen LogP contribution in [0, 0.1) is 0 Å². The van der Waals surface area contributed by atoms with E-state index in [1.54, 1.807) is 18.3 Å². The Morgan fingerprint density at radius 3 is 2.33 bits per heavy atom. The molecule has 0 saturated carbocycles. The summed E-state index contributed by atoms with van der Waals surface area (Å²) in [7, 11) is 2.42. The van der Waals surface area contributed by atoms with E-state index in [9.17, 15) is 4.79 Å². The second kappa shape index (κ2) is 5.52. The second-order valence-electron chi connectivity index (χ2n) is 1.23. The van der Waals surface area contributed by atoms with E-state index >= 15 is 0 Å². The van der Waals surface area contributed by atoms with Crippen LogP contribution >= 0.6 is 9.24 Å². The van der Waals surface area contributed by atoms with Crippen LogP contribution in [-0.2, 0) is 0 Å². The number of hydrogen-bond acceptors (Lipinski definition) is 1. The summed E-state index contributed by atoms with van der Waals surface area (Å²) >= 11 is 0. The van der Waals surface area contributed by atoms with Gasteiger partial charge < -0.3 is 4.98 Å². The number of nitrogens with one attached hydrogen (secondary N) is 1. The molecule has 0 saturated heterocycles. The lowest BCUT2D eigenvalue weighted by Crippen LogP contribution is -1.98. The summed E-state index contributed by atoms with van der Waals surface area (Å²) in [5.74, 6) is 0. The Balaban J connectivity index is 0.000000291. The molecule has 1 N–H and O–H groups in total. The van der Waals surface area contributed by atoms with E-state index in [2.05, 4.69) is 14.2 Å². The second-order valence-corrected chi connectivity index (χ2v) is 1.23. The predicted octanol–water partition coefficient (Wildman–Crippen LogP) is 0.866. The van der Waals surface area contributed by atoms with Gasteiger partial charge in [-0.2, -0.15) is 0 Å². The van der Waals surface area contributed by atoms with Gasteiger partial charge in [-0.25, -0.2) is 0 Å². The summed E-state index contributed by atoms with van der Waals surface area (Å²) in [6, 6.07) is 4.93. The molecule has 0 aliphatic heterocycles. The maximum atomic E-state index is 10.2. The smallest absolute Gasteiger partial charge is 0.247 e. The van der Waals surface area contributed by atoms with Crippen molar-refractivity contribution in [3.8, 4) is 0 Å². The zero-order valence-corrected chi connectivity index (χ0v) is 6.45. The molecule has 1 aromatic heterocycles. The van der Waals surface area contributed by atoms with Gasteiger partial charge in [0.15, 0.2) is 0 Å². The van der Waals surface area contributed by atoms with Crippen molar-refractivity contribution in [2.75, 3.05) is 6.66 Å². The predicted molar refractivity (Wildman–Crippen MR) is 42.7 cm³/mol. The van der Waals surface area contributed by atoms with Gasteiger partial charge in [-0.3, -0.25) is 4.79 Å². The molecule has 1 unspecified atom stereocenters. The number of H-pyrrole nitrogens is 1. The number of aromatic amines is 1. The van der Waals surface area contributed by atoms with Crippen LogP contribution in [0.5, 0.6) is 0 Å². The van der Waals surface area contributed by atoms with Crippen molar-refractivity contribution < 1.29 is 0 Å². The highest BCUT2D eigenvalue weighted by Crippen LogP contribution is 1.67. The molecule has 0 amide bonds. The molecule has 0 aliphatic rings.